The summed E-state index contributed by atoms with van der Waals surface area (Å²) in [6, 6.07) is 16.4. The fourth-order valence-corrected chi connectivity index (χ4v) is 3.60. The smallest absolute Gasteiger partial charge is 0.255 e. The van der Waals surface area contributed by atoms with Crippen molar-refractivity contribution in [3.8, 4) is 11.6 Å². The molecule has 0 saturated carbocycles. The Morgan fingerprint density at radius 2 is 1.90 bits per heavy atom. The lowest BCUT2D eigenvalue weighted by Crippen LogP contribution is -2.32. The number of hydrogen-bond donors (Lipinski definition) is 0. The van der Waals surface area contributed by atoms with Gasteiger partial charge in [-0.1, -0.05) is 23.8 Å². The number of hydrogen-bond acceptors (Lipinski definition) is 4. The molecule has 1 aromatic carbocycles. The first-order valence-corrected chi connectivity index (χ1v) is 9.70. The monoisotopic (exact) mass is 389 g/mol. The van der Waals surface area contributed by atoms with E-state index in [-0.39, 0.29) is 17.5 Å². The van der Waals surface area contributed by atoms with Crippen molar-refractivity contribution in [2.24, 2.45) is 7.05 Å². The molecule has 0 aliphatic carbocycles. The molecule has 1 amide bonds. The second-order valence-electron chi connectivity index (χ2n) is 7.34. The van der Waals surface area contributed by atoms with E-state index >= 15 is 0 Å². The Balaban J connectivity index is 1.56. The second-order valence-corrected chi connectivity index (χ2v) is 7.34. The minimum atomic E-state index is -0.137. The topological polar surface area (TPSA) is 64.4 Å². The van der Waals surface area contributed by atoms with Crippen molar-refractivity contribution in [1.82, 2.24) is 14.5 Å². The normalized spacial score (nSPS) is 16.1. The molecule has 3 heterocycles. The average molecular weight is 389 g/mol. The SMILES string of the molecule is Cc1ccc(Oc2cccc([C@H]3CCCN3C(=O)c3ccc(=O)n(C)c3)n2)cc1. The lowest BCUT2D eigenvalue weighted by Gasteiger charge is -2.24. The molecule has 0 unspecified atom stereocenters. The number of benzene rings is 1. The highest BCUT2D eigenvalue weighted by Crippen LogP contribution is 2.33. The standard InChI is InChI=1S/C23H23N3O3/c1-16-8-11-18(12-9-16)29-21-7-3-5-19(24-21)20-6-4-14-26(20)23(28)17-10-13-22(27)25(2)15-17/h3,5,7-13,15,20H,4,6,14H2,1-2H3/t20-/m1/s1. The van der Waals surface area contributed by atoms with Crippen LogP contribution in [0.1, 0.15) is 40.5 Å². The van der Waals surface area contributed by atoms with Crippen LogP contribution in [-0.2, 0) is 7.05 Å². The van der Waals surface area contributed by atoms with Gasteiger partial charge < -0.3 is 14.2 Å². The summed E-state index contributed by atoms with van der Waals surface area (Å²) in [5, 5.41) is 0. The first-order chi connectivity index (χ1) is 14.0. The predicted octanol–water partition coefficient (Wildman–Crippen LogP) is 3.86. The van der Waals surface area contributed by atoms with E-state index in [1.54, 1.807) is 19.3 Å². The molecular formula is C23H23N3O3. The summed E-state index contributed by atoms with van der Waals surface area (Å²) >= 11 is 0. The predicted molar refractivity (Wildman–Crippen MR) is 110 cm³/mol. The van der Waals surface area contributed by atoms with Crippen LogP contribution >= 0.6 is 0 Å². The minimum absolute atomic E-state index is 0.0882. The van der Waals surface area contributed by atoms with Crippen molar-refractivity contribution in [3.63, 3.8) is 0 Å². The largest absolute Gasteiger partial charge is 0.439 e. The number of aryl methyl sites for hydroxylation is 2. The molecular weight excluding hydrogens is 366 g/mol. The van der Waals surface area contributed by atoms with Gasteiger partial charge in [-0.25, -0.2) is 4.98 Å². The maximum Gasteiger partial charge on any atom is 0.255 e. The molecule has 6 nitrogen and oxygen atoms in total. The number of ether oxygens (including phenoxy) is 1. The van der Waals surface area contributed by atoms with Crippen LogP contribution in [0.4, 0.5) is 0 Å². The third-order valence-corrected chi connectivity index (χ3v) is 5.18. The van der Waals surface area contributed by atoms with Gasteiger partial charge in [0.2, 0.25) is 11.4 Å². The van der Waals surface area contributed by atoms with Crippen molar-refractivity contribution in [3.05, 3.63) is 88.0 Å². The maximum atomic E-state index is 13.1. The highest BCUT2D eigenvalue weighted by molar-refractivity contribution is 5.94. The number of pyridine rings is 2. The average Bonchev–Trinajstić information content (AvgIpc) is 3.21. The van der Waals surface area contributed by atoms with E-state index in [2.05, 4.69) is 4.98 Å². The molecule has 3 aromatic rings. The number of rotatable bonds is 4. The van der Waals surface area contributed by atoms with Gasteiger partial charge in [0.25, 0.3) is 5.91 Å². The van der Waals surface area contributed by atoms with Crippen molar-refractivity contribution < 1.29 is 9.53 Å². The molecule has 1 saturated heterocycles. The maximum absolute atomic E-state index is 13.1. The molecule has 1 aliphatic heterocycles. The highest BCUT2D eigenvalue weighted by Gasteiger charge is 2.32. The number of likely N-dealkylation sites (tertiary alicyclic amines) is 1. The summed E-state index contributed by atoms with van der Waals surface area (Å²) in [5.41, 5.74) is 2.34. The molecule has 6 heteroatoms. The van der Waals surface area contributed by atoms with Crippen LogP contribution in [0.2, 0.25) is 0 Å². The van der Waals surface area contributed by atoms with E-state index in [4.69, 9.17) is 4.74 Å². The van der Waals surface area contributed by atoms with Crippen LogP contribution in [0.5, 0.6) is 11.6 Å². The Morgan fingerprint density at radius 1 is 1.10 bits per heavy atom. The van der Waals surface area contributed by atoms with Gasteiger partial charge in [0, 0.05) is 31.9 Å². The minimum Gasteiger partial charge on any atom is -0.439 e. The number of carbonyl (C=O) groups excluding carboxylic acids is 1. The van der Waals surface area contributed by atoms with Gasteiger partial charge >= 0.3 is 0 Å². The summed E-state index contributed by atoms with van der Waals surface area (Å²) < 4.78 is 7.31. The van der Waals surface area contributed by atoms with Gasteiger partial charge in [-0.05, 0) is 44.0 Å². The molecule has 2 aromatic heterocycles. The lowest BCUT2D eigenvalue weighted by molar-refractivity contribution is 0.0731. The number of nitrogens with zero attached hydrogens (tertiary/aromatic N) is 3. The van der Waals surface area contributed by atoms with Crippen molar-refractivity contribution in [2.75, 3.05) is 6.54 Å². The molecule has 0 spiro atoms. The van der Waals surface area contributed by atoms with E-state index in [1.807, 2.05) is 54.3 Å². The molecule has 1 atom stereocenters. The van der Waals surface area contributed by atoms with E-state index < -0.39 is 0 Å². The quantitative estimate of drug-likeness (QED) is 0.680. The third-order valence-electron chi connectivity index (χ3n) is 5.18. The van der Waals surface area contributed by atoms with Gasteiger partial charge in [0.15, 0.2) is 0 Å². The Morgan fingerprint density at radius 3 is 2.66 bits per heavy atom. The molecule has 0 radical (unpaired) electrons. The Kier molecular flexibility index (Phi) is 5.16. The molecule has 0 bridgehead atoms. The summed E-state index contributed by atoms with van der Waals surface area (Å²) in [7, 11) is 1.65. The van der Waals surface area contributed by atoms with E-state index in [0.29, 0.717) is 18.0 Å². The summed E-state index contributed by atoms with van der Waals surface area (Å²) in [6.45, 7) is 2.69. The van der Waals surface area contributed by atoms with Crippen molar-refractivity contribution in [2.45, 2.75) is 25.8 Å². The third kappa shape index (κ3) is 4.06. The summed E-state index contributed by atoms with van der Waals surface area (Å²) in [6.07, 6.45) is 3.34. The van der Waals surface area contributed by atoms with Crippen molar-refractivity contribution >= 4 is 5.91 Å². The van der Waals surface area contributed by atoms with Crippen LogP contribution in [0.25, 0.3) is 0 Å². The number of amides is 1. The number of carbonyl (C=O) groups is 1. The Labute approximate surface area is 169 Å². The molecule has 1 aliphatic rings. The first kappa shape index (κ1) is 18.9. The zero-order valence-corrected chi connectivity index (χ0v) is 16.5. The van der Waals surface area contributed by atoms with Crippen LogP contribution in [0.15, 0.2) is 65.6 Å². The lowest BCUT2D eigenvalue weighted by atomic mass is 10.1. The summed E-state index contributed by atoms with van der Waals surface area (Å²) in [5.74, 6) is 1.15. The Hall–Kier alpha value is -3.41. The molecule has 1 fully saturated rings. The van der Waals surface area contributed by atoms with Crippen LogP contribution in [0.3, 0.4) is 0 Å². The van der Waals surface area contributed by atoms with Crippen LogP contribution < -0.4 is 10.3 Å². The first-order valence-electron chi connectivity index (χ1n) is 9.70. The van der Waals surface area contributed by atoms with Crippen LogP contribution in [0, 0.1) is 6.92 Å². The molecule has 4 rings (SSSR count). The molecule has 0 N–H and O–H groups in total. The van der Waals surface area contributed by atoms with E-state index in [9.17, 15) is 9.59 Å². The molecule has 148 valence electrons. The molecule has 29 heavy (non-hydrogen) atoms. The second kappa shape index (κ2) is 7.91. The fraction of sp³-hybridized carbons (Fsp3) is 0.261. The fourth-order valence-electron chi connectivity index (χ4n) is 3.60. The summed E-state index contributed by atoms with van der Waals surface area (Å²) in [4.78, 5) is 31.2. The van der Waals surface area contributed by atoms with Gasteiger partial charge in [-0.3, -0.25) is 9.59 Å². The van der Waals surface area contributed by atoms with Gasteiger partial charge in [-0.2, -0.15) is 0 Å². The van der Waals surface area contributed by atoms with Crippen LogP contribution in [-0.4, -0.2) is 26.9 Å². The Bertz CT molecular complexity index is 1090. The zero-order valence-electron chi connectivity index (χ0n) is 16.5. The van der Waals surface area contributed by atoms with Crippen molar-refractivity contribution in [1.29, 1.82) is 0 Å². The van der Waals surface area contributed by atoms with E-state index in [1.165, 1.54) is 10.6 Å². The van der Waals surface area contributed by atoms with Gasteiger partial charge in [0.05, 0.1) is 17.3 Å². The zero-order chi connectivity index (χ0) is 20.4. The van der Waals surface area contributed by atoms with E-state index in [0.717, 1.165) is 29.8 Å². The van der Waals surface area contributed by atoms with Gasteiger partial charge in [-0.15, -0.1) is 0 Å². The van der Waals surface area contributed by atoms with Gasteiger partial charge in [0.1, 0.15) is 5.75 Å². The highest BCUT2D eigenvalue weighted by atomic mass is 16.5. The number of aromatic nitrogens is 2.